The molecule has 0 atom stereocenters. The molecular formula is C19H16N2O4. The topological polar surface area (TPSA) is 88.4 Å². The first-order valence-electron chi connectivity index (χ1n) is 7.70. The fourth-order valence-electron chi connectivity index (χ4n) is 2.46. The van der Waals surface area contributed by atoms with E-state index in [1.807, 2.05) is 13.0 Å². The van der Waals surface area contributed by atoms with Gasteiger partial charge < -0.3 is 15.1 Å². The largest absolute Gasteiger partial charge is 0.423 e. The van der Waals surface area contributed by atoms with Gasteiger partial charge in [-0.25, -0.2) is 4.79 Å². The van der Waals surface area contributed by atoms with Gasteiger partial charge in [-0.2, -0.15) is 0 Å². The summed E-state index contributed by atoms with van der Waals surface area (Å²) in [6.07, 6.45) is 0. The summed E-state index contributed by atoms with van der Waals surface area (Å²) in [5.74, 6) is -0.700. The number of carbonyl (C=O) groups excluding carboxylic acids is 2. The van der Waals surface area contributed by atoms with E-state index in [9.17, 15) is 14.4 Å². The normalized spacial score (nSPS) is 10.4. The Labute approximate surface area is 143 Å². The maximum atomic E-state index is 12.0. The van der Waals surface area contributed by atoms with Gasteiger partial charge >= 0.3 is 5.63 Å². The number of hydrogen-bond donors (Lipinski definition) is 2. The van der Waals surface area contributed by atoms with Crippen LogP contribution in [-0.4, -0.2) is 18.4 Å². The van der Waals surface area contributed by atoms with E-state index in [0.717, 1.165) is 10.9 Å². The number of aryl methyl sites for hydroxylation is 1. The van der Waals surface area contributed by atoms with Crippen LogP contribution in [0.3, 0.4) is 0 Å². The van der Waals surface area contributed by atoms with Crippen LogP contribution in [-0.2, 0) is 4.79 Å². The van der Waals surface area contributed by atoms with Crippen LogP contribution in [0.15, 0.2) is 63.8 Å². The zero-order valence-corrected chi connectivity index (χ0v) is 13.5. The van der Waals surface area contributed by atoms with Gasteiger partial charge in [0.05, 0.1) is 6.54 Å². The van der Waals surface area contributed by atoms with Crippen molar-refractivity contribution in [2.45, 2.75) is 6.92 Å². The SMILES string of the molecule is Cc1cc(=O)oc2cc(NC(=O)CNC(=O)c3ccccc3)ccc12. The van der Waals surface area contributed by atoms with E-state index < -0.39 is 5.63 Å². The molecule has 2 N–H and O–H groups in total. The molecule has 3 aromatic rings. The fourth-order valence-corrected chi connectivity index (χ4v) is 2.46. The lowest BCUT2D eigenvalue weighted by atomic mass is 10.1. The maximum absolute atomic E-state index is 12.0. The molecule has 0 aliphatic rings. The van der Waals surface area contributed by atoms with Gasteiger partial charge in [-0.3, -0.25) is 9.59 Å². The highest BCUT2D eigenvalue weighted by Crippen LogP contribution is 2.20. The molecule has 1 heterocycles. The van der Waals surface area contributed by atoms with Crippen molar-refractivity contribution in [3.05, 3.63) is 76.1 Å². The molecule has 6 nitrogen and oxygen atoms in total. The molecule has 0 spiro atoms. The summed E-state index contributed by atoms with van der Waals surface area (Å²) in [6, 6.07) is 15.1. The van der Waals surface area contributed by atoms with Crippen molar-refractivity contribution >= 4 is 28.5 Å². The Kier molecular flexibility index (Phi) is 4.61. The van der Waals surface area contributed by atoms with Crippen LogP contribution in [0.2, 0.25) is 0 Å². The lowest BCUT2D eigenvalue weighted by molar-refractivity contribution is -0.115. The summed E-state index contributed by atoms with van der Waals surface area (Å²) in [6.45, 7) is 1.65. The second-order valence-electron chi connectivity index (χ2n) is 5.56. The minimum Gasteiger partial charge on any atom is -0.423 e. The smallest absolute Gasteiger partial charge is 0.336 e. The number of amides is 2. The van der Waals surface area contributed by atoms with Crippen LogP contribution < -0.4 is 16.3 Å². The van der Waals surface area contributed by atoms with Crippen molar-refractivity contribution < 1.29 is 14.0 Å². The molecule has 0 fully saturated rings. The molecule has 126 valence electrons. The summed E-state index contributed by atoms with van der Waals surface area (Å²) < 4.78 is 5.14. The van der Waals surface area contributed by atoms with Gasteiger partial charge in [0.2, 0.25) is 5.91 Å². The van der Waals surface area contributed by atoms with Crippen LogP contribution in [0.25, 0.3) is 11.0 Å². The second kappa shape index (κ2) is 7.00. The van der Waals surface area contributed by atoms with Crippen molar-refractivity contribution in [3.63, 3.8) is 0 Å². The summed E-state index contributed by atoms with van der Waals surface area (Å²) in [5.41, 5.74) is 1.73. The number of nitrogens with one attached hydrogen (secondary N) is 2. The molecule has 3 rings (SSSR count). The number of benzene rings is 2. The Morgan fingerprint density at radius 2 is 1.80 bits per heavy atom. The Bertz CT molecular complexity index is 993. The molecule has 2 aromatic carbocycles. The van der Waals surface area contributed by atoms with E-state index in [4.69, 9.17) is 4.42 Å². The van der Waals surface area contributed by atoms with Gasteiger partial charge in [0.1, 0.15) is 5.58 Å². The van der Waals surface area contributed by atoms with Gasteiger partial charge in [-0.15, -0.1) is 0 Å². The minimum absolute atomic E-state index is 0.163. The Morgan fingerprint density at radius 3 is 2.56 bits per heavy atom. The average molecular weight is 336 g/mol. The zero-order valence-electron chi connectivity index (χ0n) is 13.5. The van der Waals surface area contributed by atoms with Crippen LogP contribution in [0.4, 0.5) is 5.69 Å². The van der Waals surface area contributed by atoms with Gasteiger partial charge in [0.15, 0.2) is 0 Å². The molecule has 0 radical (unpaired) electrons. The highest BCUT2D eigenvalue weighted by Gasteiger charge is 2.09. The summed E-state index contributed by atoms with van der Waals surface area (Å²) in [5, 5.41) is 6.01. The summed E-state index contributed by atoms with van der Waals surface area (Å²) >= 11 is 0. The predicted molar refractivity (Wildman–Crippen MR) is 94.6 cm³/mol. The quantitative estimate of drug-likeness (QED) is 0.716. The summed E-state index contributed by atoms with van der Waals surface area (Å²) in [7, 11) is 0. The third-order valence-electron chi connectivity index (χ3n) is 3.68. The zero-order chi connectivity index (χ0) is 17.8. The van der Waals surface area contributed by atoms with Crippen molar-refractivity contribution in [1.29, 1.82) is 0 Å². The number of hydrogen-bond acceptors (Lipinski definition) is 4. The van der Waals surface area contributed by atoms with Crippen LogP contribution in [0.5, 0.6) is 0 Å². The lowest BCUT2D eigenvalue weighted by Gasteiger charge is -2.08. The minimum atomic E-state index is -0.441. The Morgan fingerprint density at radius 1 is 1.04 bits per heavy atom. The van der Waals surface area contributed by atoms with E-state index in [-0.39, 0.29) is 18.4 Å². The van der Waals surface area contributed by atoms with E-state index in [0.29, 0.717) is 16.8 Å². The van der Waals surface area contributed by atoms with E-state index >= 15 is 0 Å². The first kappa shape index (κ1) is 16.4. The highest BCUT2D eigenvalue weighted by atomic mass is 16.4. The van der Waals surface area contributed by atoms with E-state index in [2.05, 4.69) is 10.6 Å². The van der Waals surface area contributed by atoms with Crippen molar-refractivity contribution in [3.8, 4) is 0 Å². The van der Waals surface area contributed by atoms with Gasteiger partial charge in [0.25, 0.3) is 5.91 Å². The molecule has 25 heavy (non-hydrogen) atoms. The van der Waals surface area contributed by atoms with Gasteiger partial charge in [-0.05, 0) is 36.8 Å². The van der Waals surface area contributed by atoms with E-state index in [1.54, 1.807) is 42.5 Å². The molecule has 0 aliphatic heterocycles. The third kappa shape index (κ3) is 3.92. The second-order valence-corrected chi connectivity index (χ2v) is 5.56. The Balaban J connectivity index is 1.66. The Hall–Kier alpha value is -3.41. The molecule has 0 saturated heterocycles. The highest BCUT2D eigenvalue weighted by molar-refractivity contribution is 6.00. The monoisotopic (exact) mass is 336 g/mol. The molecule has 0 unspecified atom stereocenters. The molecule has 2 amide bonds. The third-order valence-corrected chi connectivity index (χ3v) is 3.68. The van der Waals surface area contributed by atoms with Gasteiger partial charge in [0, 0.05) is 28.8 Å². The first-order chi connectivity index (χ1) is 12.0. The molecule has 1 aromatic heterocycles. The van der Waals surface area contributed by atoms with Crippen molar-refractivity contribution in [2.75, 3.05) is 11.9 Å². The molecule has 0 saturated carbocycles. The number of fused-ring (bicyclic) bond motifs is 1. The standard InChI is InChI=1S/C19H16N2O4/c1-12-9-18(23)25-16-10-14(7-8-15(12)16)21-17(22)11-20-19(24)13-5-3-2-4-6-13/h2-10H,11H2,1H3,(H,20,24)(H,21,22). The van der Waals surface area contributed by atoms with Crippen molar-refractivity contribution in [1.82, 2.24) is 5.32 Å². The molecule has 6 heteroatoms. The van der Waals surface area contributed by atoms with Gasteiger partial charge in [-0.1, -0.05) is 18.2 Å². The number of carbonyl (C=O) groups is 2. The van der Waals surface area contributed by atoms with Crippen molar-refractivity contribution in [2.24, 2.45) is 0 Å². The van der Waals surface area contributed by atoms with E-state index in [1.165, 1.54) is 6.07 Å². The average Bonchev–Trinajstić information content (AvgIpc) is 2.60. The number of anilines is 1. The molecular weight excluding hydrogens is 320 g/mol. The molecule has 0 bridgehead atoms. The van der Waals surface area contributed by atoms with Crippen LogP contribution >= 0.6 is 0 Å². The number of rotatable bonds is 4. The van der Waals surface area contributed by atoms with Crippen LogP contribution in [0.1, 0.15) is 15.9 Å². The molecule has 0 aliphatic carbocycles. The fraction of sp³-hybridized carbons (Fsp3) is 0.105. The summed E-state index contributed by atoms with van der Waals surface area (Å²) in [4.78, 5) is 35.4. The lowest BCUT2D eigenvalue weighted by Crippen LogP contribution is -2.32. The van der Waals surface area contributed by atoms with Crippen LogP contribution in [0, 0.1) is 6.92 Å². The maximum Gasteiger partial charge on any atom is 0.336 e. The predicted octanol–water partition coefficient (Wildman–Crippen LogP) is 2.47. The first-order valence-corrected chi connectivity index (χ1v) is 7.70.